The first-order valence-electron chi connectivity index (χ1n) is 4.84. The third-order valence-electron chi connectivity index (χ3n) is 1.76. The molecule has 0 saturated carbocycles. The van der Waals surface area contributed by atoms with E-state index in [1.165, 1.54) is 4.90 Å². The van der Waals surface area contributed by atoms with Crippen molar-refractivity contribution in [2.75, 3.05) is 13.1 Å². The van der Waals surface area contributed by atoms with E-state index in [1.807, 2.05) is 19.9 Å². The van der Waals surface area contributed by atoms with Crippen LogP contribution in [0.2, 0.25) is 0 Å². The third-order valence-corrected chi connectivity index (χ3v) is 1.76. The molecular weight excluding hydrogens is 196 g/mol. The molecule has 84 valence electrons. The minimum Gasteiger partial charge on any atom is -0.480 e. The molecule has 0 aromatic rings. The van der Waals surface area contributed by atoms with Crippen molar-refractivity contribution in [1.29, 1.82) is 5.26 Å². The van der Waals surface area contributed by atoms with E-state index in [0.717, 1.165) is 0 Å². The summed E-state index contributed by atoms with van der Waals surface area (Å²) in [5.74, 6) is -1.07. The van der Waals surface area contributed by atoms with E-state index in [-0.39, 0.29) is 31.3 Å². The second kappa shape index (κ2) is 6.82. The van der Waals surface area contributed by atoms with Crippen molar-refractivity contribution in [2.45, 2.75) is 26.7 Å². The van der Waals surface area contributed by atoms with E-state index >= 15 is 0 Å². The smallest absolute Gasteiger partial charge is 0.323 e. The van der Waals surface area contributed by atoms with Crippen LogP contribution in [0.25, 0.3) is 0 Å². The number of carboxylic acids is 1. The highest BCUT2D eigenvalue weighted by molar-refractivity contribution is 5.81. The van der Waals surface area contributed by atoms with E-state index in [2.05, 4.69) is 0 Å². The zero-order valence-electron chi connectivity index (χ0n) is 9.06. The van der Waals surface area contributed by atoms with E-state index in [4.69, 9.17) is 10.4 Å². The molecule has 0 aliphatic heterocycles. The minimum absolute atomic E-state index is 0.164. The lowest BCUT2D eigenvalue weighted by Gasteiger charge is -2.20. The van der Waals surface area contributed by atoms with Gasteiger partial charge < -0.3 is 10.0 Å². The number of hydrogen-bond acceptors (Lipinski definition) is 3. The normalized spacial score (nSPS) is 9.73. The van der Waals surface area contributed by atoms with Crippen molar-refractivity contribution >= 4 is 11.9 Å². The maximum atomic E-state index is 11.5. The molecule has 0 aromatic carbocycles. The molecule has 0 heterocycles. The number of carbonyl (C=O) groups is 2. The second-order valence-electron chi connectivity index (χ2n) is 3.72. The molecule has 0 spiro atoms. The van der Waals surface area contributed by atoms with Gasteiger partial charge in [-0.25, -0.2) is 0 Å². The van der Waals surface area contributed by atoms with E-state index in [0.29, 0.717) is 6.42 Å². The first-order valence-corrected chi connectivity index (χ1v) is 4.84. The van der Waals surface area contributed by atoms with Gasteiger partial charge in [0.25, 0.3) is 0 Å². The van der Waals surface area contributed by atoms with Gasteiger partial charge in [0.1, 0.15) is 6.54 Å². The van der Waals surface area contributed by atoms with Gasteiger partial charge in [0.2, 0.25) is 5.91 Å². The summed E-state index contributed by atoms with van der Waals surface area (Å²) in [6.45, 7) is 3.64. The van der Waals surface area contributed by atoms with E-state index < -0.39 is 5.97 Å². The Hall–Kier alpha value is -1.57. The maximum Gasteiger partial charge on any atom is 0.323 e. The fourth-order valence-electron chi connectivity index (χ4n) is 1.12. The SMILES string of the molecule is CC(C)CC(=O)N(CCC#N)CC(=O)O. The van der Waals surface area contributed by atoms with Crippen molar-refractivity contribution in [3.63, 3.8) is 0 Å². The van der Waals surface area contributed by atoms with Crippen LogP contribution in [0.5, 0.6) is 0 Å². The number of nitriles is 1. The second-order valence-corrected chi connectivity index (χ2v) is 3.72. The minimum atomic E-state index is -1.05. The summed E-state index contributed by atoms with van der Waals surface area (Å²) in [6, 6.07) is 1.89. The highest BCUT2D eigenvalue weighted by Crippen LogP contribution is 2.04. The van der Waals surface area contributed by atoms with Gasteiger partial charge in [-0.3, -0.25) is 9.59 Å². The van der Waals surface area contributed by atoms with Crippen LogP contribution in [0.4, 0.5) is 0 Å². The summed E-state index contributed by atoms with van der Waals surface area (Å²) in [7, 11) is 0. The standard InChI is InChI=1S/C10H16N2O3/c1-8(2)6-9(13)12(5-3-4-11)7-10(14)15/h8H,3,5-7H2,1-2H3,(H,14,15). The summed E-state index contributed by atoms with van der Waals surface area (Å²) in [6.07, 6.45) is 0.482. The highest BCUT2D eigenvalue weighted by Gasteiger charge is 2.16. The number of nitrogens with zero attached hydrogens (tertiary/aromatic N) is 2. The van der Waals surface area contributed by atoms with Gasteiger partial charge in [0.15, 0.2) is 0 Å². The van der Waals surface area contributed by atoms with Crippen molar-refractivity contribution in [3.05, 3.63) is 0 Å². The molecular formula is C10H16N2O3. The first-order chi connectivity index (χ1) is 6.97. The number of aliphatic carboxylic acids is 1. The zero-order valence-corrected chi connectivity index (χ0v) is 9.06. The average molecular weight is 212 g/mol. The van der Waals surface area contributed by atoms with Gasteiger partial charge in [0.05, 0.1) is 12.5 Å². The molecule has 0 rings (SSSR count). The van der Waals surface area contributed by atoms with Crippen molar-refractivity contribution in [2.24, 2.45) is 5.92 Å². The number of amides is 1. The molecule has 1 amide bonds. The van der Waals surface area contributed by atoms with Crippen LogP contribution in [0, 0.1) is 17.2 Å². The summed E-state index contributed by atoms with van der Waals surface area (Å²) in [5.41, 5.74) is 0. The molecule has 0 unspecified atom stereocenters. The zero-order chi connectivity index (χ0) is 11.8. The molecule has 0 fully saturated rings. The molecule has 5 nitrogen and oxygen atoms in total. The maximum absolute atomic E-state index is 11.5. The molecule has 1 N–H and O–H groups in total. The van der Waals surface area contributed by atoms with Crippen molar-refractivity contribution in [1.82, 2.24) is 4.90 Å². The van der Waals surface area contributed by atoms with Crippen molar-refractivity contribution < 1.29 is 14.7 Å². The van der Waals surface area contributed by atoms with Gasteiger partial charge in [-0.05, 0) is 5.92 Å². The predicted octanol–water partition coefficient (Wildman–Crippen LogP) is 0.859. The lowest BCUT2D eigenvalue weighted by Crippen LogP contribution is -2.36. The van der Waals surface area contributed by atoms with Crippen LogP contribution in [0.3, 0.4) is 0 Å². The number of carboxylic acid groups (broad SMARTS) is 1. The largest absolute Gasteiger partial charge is 0.480 e. The number of hydrogen-bond donors (Lipinski definition) is 1. The lowest BCUT2D eigenvalue weighted by molar-refractivity contribution is -0.144. The quantitative estimate of drug-likeness (QED) is 0.708. The molecule has 0 saturated heterocycles. The summed E-state index contributed by atoms with van der Waals surface area (Å²) in [5, 5.41) is 17.0. The molecule has 0 aliphatic rings. The number of rotatable bonds is 6. The van der Waals surface area contributed by atoms with E-state index in [1.54, 1.807) is 0 Å². The Morgan fingerprint density at radius 2 is 2.07 bits per heavy atom. The van der Waals surface area contributed by atoms with Gasteiger partial charge >= 0.3 is 5.97 Å². The van der Waals surface area contributed by atoms with Crippen LogP contribution < -0.4 is 0 Å². The molecule has 0 radical (unpaired) electrons. The summed E-state index contributed by atoms with van der Waals surface area (Å²) >= 11 is 0. The molecule has 0 bridgehead atoms. The van der Waals surface area contributed by atoms with Crippen molar-refractivity contribution in [3.8, 4) is 6.07 Å². The third kappa shape index (κ3) is 6.49. The molecule has 15 heavy (non-hydrogen) atoms. The van der Waals surface area contributed by atoms with Gasteiger partial charge in [-0.15, -0.1) is 0 Å². The topological polar surface area (TPSA) is 81.4 Å². The predicted molar refractivity (Wildman–Crippen MR) is 53.9 cm³/mol. The summed E-state index contributed by atoms with van der Waals surface area (Å²) in [4.78, 5) is 23.2. The fourth-order valence-corrected chi connectivity index (χ4v) is 1.12. The average Bonchev–Trinajstić information content (AvgIpc) is 2.10. The van der Waals surface area contributed by atoms with Gasteiger partial charge in [-0.2, -0.15) is 5.26 Å². The van der Waals surface area contributed by atoms with Crippen LogP contribution in [-0.2, 0) is 9.59 Å². The molecule has 0 aromatic heterocycles. The Morgan fingerprint density at radius 3 is 2.47 bits per heavy atom. The lowest BCUT2D eigenvalue weighted by atomic mass is 10.1. The van der Waals surface area contributed by atoms with Crippen LogP contribution in [0.15, 0.2) is 0 Å². The van der Waals surface area contributed by atoms with Gasteiger partial charge in [-0.1, -0.05) is 13.8 Å². The van der Waals surface area contributed by atoms with Crippen LogP contribution >= 0.6 is 0 Å². The highest BCUT2D eigenvalue weighted by atomic mass is 16.4. The summed E-state index contributed by atoms with van der Waals surface area (Å²) < 4.78 is 0. The Balaban J connectivity index is 4.27. The Bertz CT molecular complexity index is 268. The monoisotopic (exact) mass is 212 g/mol. The van der Waals surface area contributed by atoms with Gasteiger partial charge in [0, 0.05) is 13.0 Å². The van der Waals surface area contributed by atoms with E-state index in [9.17, 15) is 9.59 Å². The van der Waals surface area contributed by atoms with Crippen LogP contribution in [-0.4, -0.2) is 35.0 Å². The first kappa shape index (κ1) is 13.4. The molecule has 0 atom stereocenters. The Morgan fingerprint density at radius 1 is 1.47 bits per heavy atom. The fraction of sp³-hybridized carbons (Fsp3) is 0.700. The van der Waals surface area contributed by atoms with Crippen LogP contribution in [0.1, 0.15) is 26.7 Å². The number of carbonyl (C=O) groups excluding carboxylic acids is 1. The Labute approximate surface area is 89.3 Å². The molecule has 5 heteroatoms. The molecule has 0 aliphatic carbocycles. The Kier molecular flexibility index (Phi) is 6.11.